The maximum atomic E-state index is 11.2. The lowest BCUT2D eigenvalue weighted by Crippen LogP contribution is -2.20. The molecule has 1 aliphatic carbocycles. The Labute approximate surface area is 75.7 Å². The van der Waals surface area contributed by atoms with Crippen LogP contribution in [-0.4, -0.2) is 19.1 Å². The highest BCUT2D eigenvalue weighted by Gasteiger charge is 2.57. The van der Waals surface area contributed by atoms with Crippen molar-refractivity contribution in [2.45, 2.75) is 19.3 Å². The van der Waals surface area contributed by atoms with Gasteiger partial charge in [-0.3, -0.25) is 4.79 Å². The van der Waals surface area contributed by atoms with Crippen LogP contribution in [0.25, 0.3) is 10.4 Å². The van der Waals surface area contributed by atoms with E-state index < -0.39 is 0 Å². The molecule has 2 rings (SSSR count). The van der Waals surface area contributed by atoms with Gasteiger partial charge in [0.25, 0.3) is 0 Å². The van der Waals surface area contributed by atoms with Crippen LogP contribution in [0.4, 0.5) is 0 Å². The monoisotopic (exact) mass is 181 g/mol. The van der Waals surface area contributed by atoms with E-state index in [1.807, 2.05) is 0 Å². The highest BCUT2D eigenvalue weighted by molar-refractivity contribution is 5.83. The van der Waals surface area contributed by atoms with Gasteiger partial charge in [-0.2, -0.15) is 0 Å². The van der Waals surface area contributed by atoms with Crippen LogP contribution in [0.3, 0.4) is 0 Å². The molecule has 0 aromatic heterocycles. The van der Waals surface area contributed by atoms with Crippen molar-refractivity contribution in [3.63, 3.8) is 0 Å². The Bertz CT molecular complexity index is 277. The zero-order chi connectivity index (χ0) is 9.31. The summed E-state index contributed by atoms with van der Waals surface area (Å²) < 4.78 is 5.22. The van der Waals surface area contributed by atoms with Gasteiger partial charge in [-0.05, 0) is 35.3 Å². The summed E-state index contributed by atoms with van der Waals surface area (Å²) in [7, 11) is 0. The van der Waals surface area contributed by atoms with E-state index in [0.717, 1.165) is 32.5 Å². The number of hydrogen-bond donors (Lipinski definition) is 0. The van der Waals surface area contributed by atoms with Crippen LogP contribution >= 0.6 is 0 Å². The average Bonchev–Trinajstić information content (AvgIpc) is 2.81. The molecule has 1 saturated carbocycles. The third-order valence-corrected chi connectivity index (χ3v) is 3.12. The summed E-state index contributed by atoms with van der Waals surface area (Å²) in [6, 6.07) is 0. The van der Waals surface area contributed by atoms with Crippen LogP contribution in [0, 0.1) is 11.3 Å². The predicted octanol–water partition coefficient (Wildman–Crippen LogP) is 1.64. The number of hydrogen-bond acceptors (Lipinski definition) is 2. The quantitative estimate of drug-likeness (QED) is 0.350. The minimum absolute atomic E-state index is 0.0210. The van der Waals surface area contributed by atoms with Crippen molar-refractivity contribution in [1.29, 1.82) is 0 Å². The molecule has 2 aliphatic rings. The lowest BCUT2D eigenvalue weighted by Gasteiger charge is -2.21. The minimum atomic E-state index is -0.288. The van der Waals surface area contributed by atoms with Gasteiger partial charge in [0, 0.05) is 24.0 Å². The molecule has 1 heterocycles. The second kappa shape index (κ2) is 3.01. The molecule has 0 radical (unpaired) electrons. The second-order valence-corrected chi connectivity index (χ2v) is 3.76. The summed E-state index contributed by atoms with van der Waals surface area (Å²) in [6.07, 6.45) is 2.75. The lowest BCUT2D eigenvalue weighted by molar-refractivity contribution is -0.120. The van der Waals surface area contributed by atoms with E-state index in [1.54, 1.807) is 0 Å². The number of amides is 1. The van der Waals surface area contributed by atoms with Gasteiger partial charge in [-0.15, -0.1) is 0 Å². The normalized spacial score (nSPS) is 29.4. The average molecular weight is 181 g/mol. The Morgan fingerprint density at radius 1 is 1.54 bits per heavy atom. The molecule has 1 atom stereocenters. The molecule has 0 aromatic carbocycles. The van der Waals surface area contributed by atoms with Gasteiger partial charge in [-0.25, -0.2) is 0 Å². The first-order valence-corrected chi connectivity index (χ1v) is 4.45. The Hall–Kier alpha value is -1.06. The van der Waals surface area contributed by atoms with Crippen LogP contribution in [0.1, 0.15) is 19.3 Å². The van der Waals surface area contributed by atoms with Crippen LogP contribution in [0.2, 0.25) is 0 Å². The first kappa shape index (κ1) is 8.53. The SMILES string of the molecule is [N-]=[N+]=NC(=O)C1CC12CCOCC2. The molecule has 1 spiro atoms. The van der Waals surface area contributed by atoms with Gasteiger partial charge in [0.05, 0.1) is 0 Å². The molecule has 1 unspecified atom stereocenters. The maximum Gasteiger partial charge on any atom is 0.222 e. The maximum absolute atomic E-state index is 11.2. The molecule has 1 aliphatic heterocycles. The van der Waals surface area contributed by atoms with Gasteiger partial charge in [0.15, 0.2) is 0 Å². The highest BCUT2D eigenvalue weighted by atomic mass is 16.5. The van der Waals surface area contributed by atoms with Crippen molar-refractivity contribution in [3.05, 3.63) is 10.4 Å². The third-order valence-electron chi connectivity index (χ3n) is 3.12. The molecule has 2 fully saturated rings. The van der Waals surface area contributed by atoms with E-state index in [-0.39, 0.29) is 17.2 Å². The van der Waals surface area contributed by atoms with Crippen molar-refractivity contribution in [2.75, 3.05) is 13.2 Å². The summed E-state index contributed by atoms with van der Waals surface area (Å²) in [4.78, 5) is 13.7. The highest BCUT2D eigenvalue weighted by Crippen LogP contribution is 2.59. The molecule has 70 valence electrons. The lowest BCUT2D eigenvalue weighted by atomic mass is 9.94. The van der Waals surface area contributed by atoms with Gasteiger partial charge in [0.2, 0.25) is 5.91 Å². The van der Waals surface area contributed by atoms with Gasteiger partial charge in [-0.1, -0.05) is 0 Å². The van der Waals surface area contributed by atoms with E-state index in [9.17, 15) is 4.79 Å². The zero-order valence-corrected chi connectivity index (χ0v) is 7.27. The number of ether oxygens (including phenoxy) is 1. The van der Waals surface area contributed by atoms with Crippen molar-refractivity contribution < 1.29 is 9.53 Å². The van der Waals surface area contributed by atoms with Crippen molar-refractivity contribution in [3.8, 4) is 0 Å². The van der Waals surface area contributed by atoms with Crippen LogP contribution in [0.15, 0.2) is 5.11 Å². The van der Waals surface area contributed by atoms with E-state index in [0.29, 0.717) is 0 Å². The van der Waals surface area contributed by atoms with Gasteiger partial charge >= 0.3 is 0 Å². The third kappa shape index (κ3) is 1.41. The fourth-order valence-electron chi connectivity index (χ4n) is 2.14. The largest absolute Gasteiger partial charge is 0.381 e. The van der Waals surface area contributed by atoms with E-state index in [1.165, 1.54) is 0 Å². The molecule has 13 heavy (non-hydrogen) atoms. The van der Waals surface area contributed by atoms with Crippen LogP contribution < -0.4 is 0 Å². The Balaban J connectivity index is 1.99. The molecule has 0 bridgehead atoms. The van der Waals surface area contributed by atoms with Gasteiger partial charge in [0.1, 0.15) is 0 Å². The molecule has 1 amide bonds. The molecule has 1 saturated heterocycles. The zero-order valence-electron chi connectivity index (χ0n) is 7.27. The van der Waals surface area contributed by atoms with E-state index >= 15 is 0 Å². The van der Waals surface area contributed by atoms with Crippen LogP contribution in [0.5, 0.6) is 0 Å². The Kier molecular flexibility index (Phi) is 1.98. The van der Waals surface area contributed by atoms with Crippen molar-refractivity contribution in [2.24, 2.45) is 16.4 Å². The predicted molar refractivity (Wildman–Crippen MR) is 44.7 cm³/mol. The minimum Gasteiger partial charge on any atom is -0.381 e. The molecule has 0 N–H and O–H groups in total. The van der Waals surface area contributed by atoms with E-state index in [2.05, 4.69) is 10.0 Å². The topological polar surface area (TPSA) is 75.1 Å². The number of nitrogens with zero attached hydrogens (tertiary/aromatic N) is 3. The molecule has 5 nitrogen and oxygen atoms in total. The fourth-order valence-corrected chi connectivity index (χ4v) is 2.14. The first-order chi connectivity index (χ1) is 6.28. The summed E-state index contributed by atoms with van der Waals surface area (Å²) in [5.74, 6) is -0.309. The van der Waals surface area contributed by atoms with Crippen molar-refractivity contribution in [1.82, 2.24) is 0 Å². The Morgan fingerprint density at radius 2 is 2.23 bits per heavy atom. The standard InChI is InChI=1S/C8H11N3O2/c9-11-10-7(12)6-5-8(6)1-3-13-4-2-8/h6H,1-5H2. The van der Waals surface area contributed by atoms with Crippen LogP contribution in [-0.2, 0) is 9.53 Å². The molecular weight excluding hydrogens is 170 g/mol. The summed E-state index contributed by atoms with van der Waals surface area (Å²) in [5.41, 5.74) is 8.24. The van der Waals surface area contributed by atoms with Crippen molar-refractivity contribution >= 4 is 5.91 Å². The summed E-state index contributed by atoms with van der Waals surface area (Å²) in [5, 5.41) is 3.14. The fraction of sp³-hybridized carbons (Fsp3) is 0.875. The van der Waals surface area contributed by atoms with E-state index in [4.69, 9.17) is 10.3 Å². The molecule has 0 aromatic rings. The number of rotatable bonds is 1. The first-order valence-electron chi connectivity index (χ1n) is 4.45. The second-order valence-electron chi connectivity index (χ2n) is 3.76. The molecule has 5 heteroatoms. The number of carbonyl (C=O) groups excluding carboxylic acids is 1. The Morgan fingerprint density at radius 3 is 2.85 bits per heavy atom. The summed E-state index contributed by atoms with van der Waals surface area (Å²) in [6.45, 7) is 1.47. The van der Waals surface area contributed by atoms with Gasteiger partial charge < -0.3 is 4.74 Å². The molecular formula is C8H11N3O2. The smallest absolute Gasteiger partial charge is 0.222 e. The number of azide groups is 1. The summed E-state index contributed by atoms with van der Waals surface area (Å²) >= 11 is 0. The number of carbonyl (C=O) groups is 1.